The summed E-state index contributed by atoms with van der Waals surface area (Å²) >= 11 is 3.21. The van der Waals surface area contributed by atoms with Crippen molar-refractivity contribution >= 4 is 34.9 Å². The van der Waals surface area contributed by atoms with Gasteiger partial charge in [-0.15, -0.1) is 11.3 Å². The molecule has 0 saturated carbocycles. The number of rotatable bonds is 9. The Kier molecular flexibility index (Phi) is 7.77. The van der Waals surface area contributed by atoms with Crippen molar-refractivity contribution in [2.24, 2.45) is 0 Å². The van der Waals surface area contributed by atoms with Gasteiger partial charge in [0.15, 0.2) is 0 Å². The first-order chi connectivity index (χ1) is 11.7. The first-order valence-electron chi connectivity index (χ1n) is 7.75. The van der Waals surface area contributed by atoms with Crippen LogP contribution in [0.5, 0.6) is 0 Å². The van der Waals surface area contributed by atoms with E-state index in [0.717, 1.165) is 17.2 Å². The molecule has 0 unspecified atom stereocenters. The number of thioether (sulfide) groups is 1. The van der Waals surface area contributed by atoms with Crippen LogP contribution in [0.25, 0.3) is 0 Å². The molecule has 5 nitrogen and oxygen atoms in total. The Balaban J connectivity index is 1.73. The molecular formula is C17H21N3O2S2. The van der Waals surface area contributed by atoms with Gasteiger partial charge in [-0.25, -0.2) is 4.98 Å². The van der Waals surface area contributed by atoms with E-state index in [2.05, 4.69) is 15.6 Å². The highest BCUT2D eigenvalue weighted by atomic mass is 32.2. The lowest BCUT2D eigenvalue weighted by Crippen LogP contribution is -2.26. The third-order valence-corrected chi connectivity index (χ3v) is 4.86. The second-order valence-corrected chi connectivity index (χ2v) is 7.03. The van der Waals surface area contributed by atoms with Crippen molar-refractivity contribution in [3.63, 3.8) is 0 Å². The number of hydrogen-bond acceptors (Lipinski definition) is 5. The molecule has 0 atom stereocenters. The van der Waals surface area contributed by atoms with E-state index in [1.165, 1.54) is 11.3 Å². The average molecular weight is 364 g/mol. The molecule has 1 aromatic carbocycles. The first kappa shape index (κ1) is 18.5. The first-order valence-corrected chi connectivity index (χ1v) is 10.0. The molecule has 0 spiro atoms. The topological polar surface area (TPSA) is 71.1 Å². The van der Waals surface area contributed by atoms with E-state index in [9.17, 15) is 9.59 Å². The summed E-state index contributed by atoms with van der Waals surface area (Å²) in [6.07, 6.45) is 3.61. The van der Waals surface area contributed by atoms with E-state index in [4.69, 9.17) is 0 Å². The van der Waals surface area contributed by atoms with E-state index >= 15 is 0 Å². The second kappa shape index (κ2) is 10.1. The minimum absolute atomic E-state index is 0.0982. The number of hydrogen-bond donors (Lipinski definition) is 2. The molecule has 0 aliphatic rings. The molecule has 2 rings (SSSR count). The zero-order valence-corrected chi connectivity index (χ0v) is 15.2. The van der Waals surface area contributed by atoms with Gasteiger partial charge >= 0.3 is 0 Å². The highest BCUT2D eigenvalue weighted by Gasteiger charge is 2.10. The molecule has 24 heavy (non-hydrogen) atoms. The Bertz CT molecular complexity index is 659. The average Bonchev–Trinajstić information content (AvgIpc) is 3.08. The van der Waals surface area contributed by atoms with Gasteiger partial charge < -0.3 is 10.6 Å². The molecule has 1 aromatic heterocycles. The van der Waals surface area contributed by atoms with Crippen LogP contribution in [0.1, 0.15) is 32.3 Å². The Hall–Kier alpha value is -1.86. The smallest absolute Gasteiger partial charge is 0.270 e. The van der Waals surface area contributed by atoms with E-state index < -0.39 is 0 Å². The van der Waals surface area contributed by atoms with Gasteiger partial charge in [0.2, 0.25) is 0 Å². The van der Waals surface area contributed by atoms with Crippen LogP contribution in [0, 0.1) is 0 Å². The monoisotopic (exact) mass is 363 g/mol. The van der Waals surface area contributed by atoms with Gasteiger partial charge in [0, 0.05) is 30.5 Å². The Morgan fingerprint density at radius 1 is 1.12 bits per heavy atom. The summed E-state index contributed by atoms with van der Waals surface area (Å²) in [6, 6.07) is 9.09. The Morgan fingerprint density at radius 2 is 1.88 bits per heavy atom. The second-order valence-electron chi connectivity index (χ2n) is 5.10. The van der Waals surface area contributed by atoms with Crippen LogP contribution in [-0.2, 0) is 6.42 Å². The van der Waals surface area contributed by atoms with Crippen LogP contribution in [0.2, 0.25) is 0 Å². The molecule has 0 aliphatic heterocycles. The number of amides is 2. The Labute approximate surface area is 150 Å². The number of nitrogens with zero attached hydrogens (tertiary/aromatic N) is 1. The quantitative estimate of drug-likeness (QED) is 0.672. The summed E-state index contributed by atoms with van der Waals surface area (Å²) in [6.45, 7) is 1.16. The van der Waals surface area contributed by atoms with Crippen LogP contribution < -0.4 is 10.6 Å². The molecule has 0 fully saturated rings. The molecule has 2 N–H and O–H groups in total. The van der Waals surface area contributed by atoms with E-state index in [1.807, 2.05) is 24.5 Å². The summed E-state index contributed by atoms with van der Waals surface area (Å²) in [5.41, 5.74) is 1.09. The van der Waals surface area contributed by atoms with E-state index in [-0.39, 0.29) is 11.8 Å². The number of thiazole rings is 1. The van der Waals surface area contributed by atoms with Crippen molar-refractivity contribution in [2.45, 2.75) is 12.8 Å². The maximum absolute atomic E-state index is 11.9. The van der Waals surface area contributed by atoms with Crippen molar-refractivity contribution in [2.75, 3.05) is 25.1 Å². The largest absolute Gasteiger partial charge is 0.352 e. The van der Waals surface area contributed by atoms with Crippen molar-refractivity contribution in [3.8, 4) is 0 Å². The minimum Gasteiger partial charge on any atom is -0.352 e. The van der Waals surface area contributed by atoms with Crippen LogP contribution in [0.3, 0.4) is 0 Å². The zero-order valence-electron chi connectivity index (χ0n) is 13.6. The number of carbonyl (C=O) groups is 2. The van der Waals surface area contributed by atoms with Gasteiger partial charge in [-0.3, -0.25) is 9.59 Å². The van der Waals surface area contributed by atoms with Crippen LogP contribution in [0.15, 0.2) is 35.7 Å². The minimum atomic E-state index is -0.132. The molecule has 0 radical (unpaired) electrons. The fourth-order valence-electron chi connectivity index (χ4n) is 2.01. The molecule has 0 aliphatic carbocycles. The molecule has 0 saturated heterocycles. The maximum atomic E-state index is 11.9. The third-order valence-electron chi connectivity index (χ3n) is 3.26. The van der Waals surface area contributed by atoms with Crippen molar-refractivity contribution in [3.05, 3.63) is 52.0 Å². The predicted octanol–water partition coefficient (Wildman–Crippen LogP) is 2.60. The van der Waals surface area contributed by atoms with Gasteiger partial charge in [0.1, 0.15) is 5.69 Å². The van der Waals surface area contributed by atoms with E-state index in [1.54, 1.807) is 29.3 Å². The zero-order chi connectivity index (χ0) is 17.2. The fraction of sp³-hybridized carbons (Fsp3) is 0.353. The SMILES string of the molecule is CSCCCNC(=O)c1csc(CCNC(=O)c2ccccc2)n1. The summed E-state index contributed by atoms with van der Waals surface area (Å²) in [4.78, 5) is 28.2. The van der Waals surface area contributed by atoms with Crippen LogP contribution in [-0.4, -0.2) is 41.9 Å². The van der Waals surface area contributed by atoms with Gasteiger partial charge in [0.25, 0.3) is 11.8 Å². The molecule has 1 heterocycles. The summed E-state index contributed by atoms with van der Waals surface area (Å²) < 4.78 is 0. The fourth-order valence-corrected chi connectivity index (χ4v) is 3.22. The lowest BCUT2D eigenvalue weighted by atomic mass is 10.2. The number of nitrogens with one attached hydrogen (secondary N) is 2. The van der Waals surface area contributed by atoms with Crippen LogP contribution in [0.4, 0.5) is 0 Å². The lowest BCUT2D eigenvalue weighted by molar-refractivity contribution is 0.0942. The molecule has 128 valence electrons. The summed E-state index contributed by atoms with van der Waals surface area (Å²) in [5, 5.41) is 8.33. The Morgan fingerprint density at radius 3 is 2.62 bits per heavy atom. The highest BCUT2D eigenvalue weighted by molar-refractivity contribution is 7.98. The molecule has 0 bridgehead atoms. The maximum Gasteiger partial charge on any atom is 0.270 e. The molecule has 7 heteroatoms. The van der Waals surface area contributed by atoms with Gasteiger partial charge in [-0.1, -0.05) is 18.2 Å². The van der Waals surface area contributed by atoms with E-state index in [0.29, 0.717) is 30.8 Å². The highest BCUT2D eigenvalue weighted by Crippen LogP contribution is 2.10. The predicted molar refractivity (Wildman–Crippen MR) is 99.9 cm³/mol. The lowest BCUT2D eigenvalue weighted by Gasteiger charge is -2.03. The number of aromatic nitrogens is 1. The van der Waals surface area contributed by atoms with Gasteiger partial charge in [-0.05, 0) is 30.6 Å². The van der Waals surface area contributed by atoms with Crippen LogP contribution >= 0.6 is 23.1 Å². The molecular weight excluding hydrogens is 342 g/mol. The van der Waals surface area contributed by atoms with Gasteiger partial charge in [-0.2, -0.15) is 11.8 Å². The third kappa shape index (κ3) is 5.98. The summed E-state index contributed by atoms with van der Waals surface area (Å²) in [5.74, 6) is 0.801. The summed E-state index contributed by atoms with van der Waals surface area (Å²) in [7, 11) is 0. The van der Waals surface area contributed by atoms with Crippen molar-refractivity contribution in [1.82, 2.24) is 15.6 Å². The standard InChI is InChI=1S/C17H21N3O2S2/c1-23-11-5-9-18-17(22)14-12-24-15(20-14)8-10-19-16(21)13-6-3-2-4-7-13/h2-4,6-7,12H,5,8-11H2,1H3,(H,18,22)(H,19,21). The molecule has 2 aromatic rings. The van der Waals surface area contributed by atoms with Gasteiger partial charge in [0.05, 0.1) is 5.01 Å². The number of benzene rings is 1. The van der Waals surface area contributed by atoms with Crippen molar-refractivity contribution < 1.29 is 9.59 Å². The normalized spacial score (nSPS) is 10.4. The number of carbonyl (C=O) groups excluding carboxylic acids is 2. The van der Waals surface area contributed by atoms with Crippen molar-refractivity contribution in [1.29, 1.82) is 0 Å². The molecule has 2 amide bonds.